The van der Waals surface area contributed by atoms with Gasteiger partial charge in [0, 0.05) is 30.3 Å². The van der Waals surface area contributed by atoms with Crippen molar-refractivity contribution < 1.29 is 19.0 Å². The van der Waals surface area contributed by atoms with Crippen molar-refractivity contribution in [2.45, 2.75) is 24.0 Å². The Bertz CT molecular complexity index is 899. The number of hydrogen-bond donors (Lipinski definition) is 2. The van der Waals surface area contributed by atoms with E-state index in [2.05, 4.69) is 4.98 Å². The Kier molecular flexibility index (Phi) is 4.13. The topological polar surface area (TPSA) is 82.6 Å². The second kappa shape index (κ2) is 6.34. The Labute approximate surface area is 149 Å². The first-order valence-corrected chi connectivity index (χ1v) is 8.52. The molecule has 0 unspecified atom stereocenters. The monoisotopic (exact) mass is 358 g/mol. The number of aliphatic hydroxyl groups excluding tert-OH is 1. The highest BCUT2D eigenvalue weighted by atomic mass is 19.1. The summed E-state index contributed by atoms with van der Waals surface area (Å²) in [6, 6.07) is 9.14. The Morgan fingerprint density at radius 3 is 2.96 bits per heavy atom. The molecule has 6 nitrogen and oxygen atoms in total. The van der Waals surface area contributed by atoms with Crippen molar-refractivity contribution >= 4 is 5.91 Å². The predicted molar refractivity (Wildman–Crippen MR) is 91.4 cm³/mol. The number of H-pyrrole nitrogens is 1. The van der Waals surface area contributed by atoms with Gasteiger partial charge in [-0.1, -0.05) is 12.1 Å². The van der Waals surface area contributed by atoms with Gasteiger partial charge in [-0.2, -0.15) is 0 Å². The van der Waals surface area contributed by atoms with Crippen LogP contribution in [0.15, 0.2) is 47.4 Å². The Balaban J connectivity index is 1.52. The van der Waals surface area contributed by atoms with Crippen molar-refractivity contribution in [2.24, 2.45) is 0 Å². The highest BCUT2D eigenvalue weighted by molar-refractivity contribution is 5.94. The molecule has 1 amide bonds. The summed E-state index contributed by atoms with van der Waals surface area (Å²) in [6.07, 6.45) is 1.10. The van der Waals surface area contributed by atoms with E-state index in [1.54, 1.807) is 6.07 Å². The number of likely N-dealkylation sites (tertiary alicyclic amines) is 1. The fourth-order valence-electron chi connectivity index (χ4n) is 3.90. The second-order valence-corrected chi connectivity index (χ2v) is 6.97. The van der Waals surface area contributed by atoms with Crippen LogP contribution in [0, 0.1) is 5.82 Å². The van der Waals surface area contributed by atoms with Crippen LogP contribution in [0.1, 0.15) is 28.3 Å². The summed E-state index contributed by atoms with van der Waals surface area (Å²) in [6.45, 7) is 0.751. The maximum Gasteiger partial charge on any atom is 0.254 e. The number of carbonyl (C=O) groups excluding carboxylic acids is 1. The van der Waals surface area contributed by atoms with Gasteiger partial charge >= 0.3 is 0 Å². The molecule has 2 fully saturated rings. The molecular weight excluding hydrogens is 339 g/mol. The summed E-state index contributed by atoms with van der Waals surface area (Å²) < 4.78 is 19.4. The minimum Gasteiger partial charge on any atom is -0.388 e. The summed E-state index contributed by atoms with van der Waals surface area (Å²) >= 11 is 0. The van der Waals surface area contributed by atoms with E-state index in [4.69, 9.17) is 4.74 Å². The van der Waals surface area contributed by atoms with Crippen molar-refractivity contribution in [1.82, 2.24) is 9.88 Å². The van der Waals surface area contributed by atoms with E-state index in [0.717, 1.165) is 5.56 Å². The molecule has 2 aliphatic rings. The van der Waals surface area contributed by atoms with Gasteiger partial charge in [-0.15, -0.1) is 0 Å². The van der Waals surface area contributed by atoms with Gasteiger partial charge in [-0.3, -0.25) is 9.59 Å². The summed E-state index contributed by atoms with van der Waals surface area (Å²) in [7, 11) is 0. The Hall–Kier alpha value is -2.51. The lowest BCUT2D eigenvalue weighted by Gasteiger charge is -2.26. The van der Waals surface area contributed by atoms with Crippen LogP contribution in [0.4, 0.5) is 4.39 Å². The van der Waals surface area contributed by atoms with Gasteiger partial charge < -0.3 is 19.7 Å². The molecule has 0 aliphatic carbocycles. The van der Waals surface area contributed by atoms with Crippen molar-refractivity contribution in [3.63, 3.8) is 0 Å². The highest BCUT2D eigenvalue weighted by Gasteiger charge is 2.53. The third-order valence-electron chi connectivity index (χ3n) is 5.25. The molecule has 7 heteroatoms. The molecule has 0 radical (unpaired) electrons. The van der Waals surface area contributed by atoms with Crippen molar-refractivity contribution in [1.29, 1.82) is 0 Å². The maximum absolute atomic E-state index is 13.5. The van der Waals surface area contributed by atoms with Gasteiger partial charge in [0.1, 0.15) is 17.5 Å². The third kappa shape index (κ3) is 2.93. The molecule has 0 saturated carbocycles. The van der Waals surface area contributed by atoms with Gasteiger partial charge in [0.25, 0.3) is 5.91 Å². The number of nitrogens with one attached hydrogen (secondary N) is 1. The average molecular weight is 358 g/mol. The van der Waals surface area contributed by atoms with E-state index < -0.39 is 11.7 Å². The predicted octanol–water partition coefficient (Wildman–Crippen LogP) is 1.27. The van der Waals surface area contributed by atoms with Gasteiger partial charge in [-0.25, -0.2) is 4.39 Å². The molecule has 3 heterocycles. The van der Waals surface area contributed by atoms with E-state index in [0.29, 0.717) is 13.0 Å². The molecule has 3 atom stereocenters. The van der Waals surface area contributed by atoms with Crippen LogP contribution in [0.3, 0.4) is 0 Å². The van der Waals surface area contributed by atoms with Gasteiger partial charge in [0.15, 0.2) is 0 Å². The minimum absolute atomic E-state index is 0.0324. The zero-order chi connectivity index (χ0) is 18.3. The number of aromatic amines is 1. The Morgan fingerprint density at radius 2 is 2.19 bits per heavy atom. The first-order chi connectivity index (χ1) is 12.5. The molecule has 1 spiro atoms. The number of nitrogens with zero attached hydrogens (tertiary/aromatic N) is 1. The number of aromatic nitrogens is 1. The minimum atomic E-state index is -0.853. The SMILES string of the molecule is O=C(c1cc[nH]c(=O)c1)N1C[C@@H](O)[C@@]2(C[C@@H](c3cccc(F)c3)CO2)C1. The summed E-state index contributed by atoms with van der Waals surface area (Å²) in [5.41, 5.74) is -0.104. The number of hydrogen-bond acceptors (Lipinski definition) is 4. The standard InChI is InChI=1S/C19H19FN2O4/c20-15-3-1-2-12(6-15)14-8-19(26-10-14)11-22(9-16(19)23)18(25)13-4-5-21-17(24)7-13/h1-7,14,16,23H,8-11H2,(H,21,24)/t14-,16-,19-/m1/s1. The number of carbonyl (C=O) groups is 1. The van der Waals surface area contributed by atoms with Gasteiger partial charge in [-0.05, 0) is 30.2 Å². The smallest absolute Gasteiger partial charge is 0.254 e. The summed E-state index contributed by atoms with van der Waals surface area (Å²) in [4.78, 5) is 28.0. The number of ether oxygens (including phenoxy) is 1. The number of halogens is 1. The highest BCUT2D eigenvalue weighted by Crippen LogP contribution is 2.42. The number of β-amino-alcohol motifs (C(OH)–C–C–N with tert-alkyl or cyclic N) is 1. The molecule has 136 valence electrons. The lowest BCUT2D eigenvalue weighted by Crippen LogP contribution is -2.41. The van der Waals surface area contributed by atoms with Crippen molar-refractivity contribution in [3.8, 4) is 0 Å². The van der Waals surface area contributed by atoms with Crippen molar-refractivity contribution in [3.05, 3.63) is 69.9 Å². The number of rotatable bonds is 2. The fourth-order valence-corrected chi connectivity index (χ4v) is 3.90. The molecular formula is C19H19FN2O4. The first kappa shape index (κ1) is 16.9. The molecule has 26 heavy (non-hydrogen) atoms. The average Bonchev–Trinajstić information content (AvgIpc) is 3.19. The quantitative estimate of drug-likeness (QED) is 0.847. The summed E-state index contributed by atoms with van der Waals surface area (Å²) in [5.74, 6) is -0.652. The molecule has 2 N–H and O–H groups in total. The maximum atomic E-state index is 13.5. The van der Waals surface area contributed by atoms with Crippen LogP contribution >= 0.6 is 0 Å². The molecule has 2 saturated heterocycles. The number of aliphatic hydroxyl groups is 1. The van der Waals surface area contributed by atoms with Crippen LogP contribution in [-0.4, -0.2) is 52.3 Å². The molecule has 1 aromatic carbocycles. The number of benzene rings is 1. The summed E-state index contributed by atoms with van der Waals surface area (Å²) in [5, 5.41) is 10.6. The molecule has 2 aromatic rings. The van der Waals surface area contributed by atoms with E-state index in [1.807, 2.05) is 6.07 Å². The molecule has 2 aliphatic heterocycles. The van der Waals surface area contributed by atoms with Crippen LogP contribution in [0.2, 0.25) is 0 Å². The molecule has 0 bridgehead atoms. The lowest BCUT2D eigenvalue weighted by molar-refractivity contribution is -0.0591. The fraction of sp³-hybridized carbons (Fsp3) is 0.368. The van der Waals surface area contributed by atoms with Crippen LogP contribution < -0.4 is 5.56 Å². The molecule has 1 aromatic heterocycles. The number of amides is 1. The molecule has 4 rings (SSSR count). The zero-order valence-corrected chi connectivity index (χ0v) is 14.0. The van der Waals surface area contributed by atoms with Crippen LogP contribution in [0.5, 0.6) is 0 Å². The second-order valence-electron chi connectivity index (χ2n) is 6.97. The Morgan fingerprint density at radius 1 is 1.35 bits per heavy atom. The zero-order valence-electron chi connectivity index (χ0n) is 14.0. The van der Waals surface area contributed by atoms with E-state index in [-0.39, 0.29) is 41.9 Å². The normalized spacial score (nSPS) is 28.0. The lowest BCUT2D eigenvalue weighted by atomic mass is 9.87. The third-order valence-corrected chi connectivity index (χ3v) is 5.25. The van der Waals surface area contributed by atoms with Crippen molar-refractivity contribution in [2.75, 3.05) is 19.7 Å². The van der Waals surface area contributed by atoms with E-state index >= 15 is 0 Å². The largest absolute Gasteiger partial charge is 0.388 e. The first-order valence-electron chi connectivity index (χ1n) is 8.52. The van der Waals surface area contributed by atoms with Gasteiger partial charge in [0.05, 0.1) is 13.2 Å². The number of pyridine rings is 1. The van der Waals surface area contributed by atoms with Gasteiger partial charge in [0.2, 0.25) is 5.56 Å². The van der Waals surface area contributed by atoms with E-state index in [1.165, 1.54) is 35.4 Å². The van der Waals surface area contributed by atoms with E-state index in [9.17, 15) is 19.1 Å². The van der Waals surface area contributed by atoms with Crippen LogP contribution in [0.25, 0.3) is 0 Å². The van der Waals surface area contributed by atoms with Crippen LogP contribution in [-0.2, 0) is 4.74 Å².